The van der Waals surface area contributed by atoms with Crippen molar-refractivity contribution in [1.82, 2.24) is 20.7 Å². The van der Waals surface area contributed by atoms with Gasteiger partial charge in [-0.3, -0.25) is 14.5 Å². The van der Waals surface area contributed by atoms with E-state index in [0.717, 1.165) is 6.54 Å². The lowest BCUT2D eigenvalue weighted by molar-refractivity contribution is -0.134. The van der Waals surface area contributed by atoms with Crippen LogP contribution in [0.4, 0.5) is 0 Å². The second-order valence-corrected chi connectivity index (χ2v) is 6.36. The van der Waals surface area contributed by atoms with Crippen LogP contribution in [0.15, 0.2) is 34.4 Å². The predicted molar refractivity (Wildman–Crippen MR) is 84.5 cm³/mol. The zero-order valence-electron chi connectivity index (χ0n) is 12.5. The Morgan fingerprint density at radius 3 is 3.17 bits per heavy atom. The van der Waals surface area contributed by atoms with Crippen LogP contribution < -0.4 is 10.6 Å². The molecular formula is C15H18N4O3S. The Labute approximate surface area is 137 Å². The Morgan fingerprint density at radius 1 is 1.52 bits per heavy atom. The molecule has 8 heteroatoms. The van der Waals surface area contributed by atoms with Crippen molar-refractivity contribution in [3.05, 3.63) is 40.4 Å². The lowest BCUT2D eigenvalue weighted by Gasteiger charge is -2.34. The van der Waals surface area contributed by atoms with E-state index in [9.17, 15) is 9.59 Å². The Balaban J connectivity index is 1.57. The molecule has 1 fully saturated rings. The summed E-state index contributed by atoms with van der Waals surface area (Å²) in [5.74, 6) is -0.268. The summed E-state index contributed by atoms with van der Waals surface area (Å²) in [6.45, 7) is 2.34. The number of piperazine rings is 1. The number of nitrogens with one attached hydrogen (secondary N) is 2. The molecule has 0 radical (unpaired) electrons. The van der Waals surface area contributed by atoms with Gasteiger partial charge in [-0.1, -0.05) is 11.2 Å². The van der Waals surface area contributed by atoms with Crippen LogP contribution in [0.25, 0.3) is 0 Å². The van der Waals surface area contributed by atoms with Gasteiger partial charge in [0.1, 0.15) is 12.0 Å². The highest BCUT2D eigenvalue weighted by molar-refractivity contribution is 7.09. The number of carbonyl (C=O) groups is 2. The van der Waals surface area contributed by atoms with Gasteiger partial charge >= 0.3 is 0 Å². The minimum absolute atomic E-state index is 0.0932. The van der Waals surface area contributed by atoms with Gasteiger partial charge in [-0.25, -0.2) is 0 Å². The van der Waals surface area contributed by atoms with E-state index in [1.165, 1.54) is 11.1 Å². The number of aromatic nitrogens is 1. The number of thiophene rings is 1. The molecular weight excluding hydrogens is 316 g/mol. The molecule has 1 aliphatic heterocycles. The van der Waals surface area contributed by atoms with Crippen LogP contribution in [0, 0.1) is 0 Å². The van der Waals surface area contributed by atoms with Crippen molar-refractivity contribution in [3.63, 3.8) is 0 Å². The highest BCUT2D eigenvalue weighted by Crippen LogP contribution is 2.17. The Kier molecular flexibility index (Phi) is 5.04. The largest absolute Gasteiger partial charge is 0.364 e. The molecule has 3 heterocycles. The first kappa shape index (κ1) is 15.7. The molecule has 0 spiro atoms. The molecule has 0 aliphatic carbocycles. The molecule has 23 heavy (non-hydrogen) atoms. The fourth-order valence-electron chi connectivity index (χ4n) is 2.54. The molecule has 1 aliphatic rings. The zero-order valence-corrected chi connectivity index (χ0v) is 13.3. The summed E-state index contributed by atoms with van der Waals surface area (Å²) in [5.41, 5.74) is 0.655. The van der Waals surface area contributed by atoms with Crippen molar-refractivity contribution in [2.45, 2.75) is 25.6 Å². The number of carbonyl (C=O) groups excluding carboxylic acids is 2. The predicted octanol–water partition coefficient (Wildman–Crippen LogP) is 0.743. The van der Waals surface area contributed by atoms with Gasteiger partial charge < -0.3 is 15.2 Å². The number of rotatable bonds is 6. The highest BCUT2D eigenvalue weighted by atomic mass is 32.1. The van der Waals surface area contributed by atoms with Crippen LogP contribution in [-0.4, -0.2) is 41.0 Å². The minimum Gasteiger partial charge on any atom is -0.364 e. The van der Waals surface area contributed by atoms with E-state index in [4.69, 9.17) is 4.52 Å². The van der Waals surface area contributed by atoms with Crippen molar-refractivity contribution in [3.8, 4) is 0 Å². The maximum atomic E-state index is 12.1. The minimum atomic E-state index is -0.442. The smallest absolute Gasteiger partial charge is 0.237 e. The first-order valence-electron chi connectivity index (χ1n) is 7.42. The fourth-order valence-corrected chi connectivity index (χ4v) is 3.27. The van der Waals surface area contributed by atoms with Gasteiger partial charge in [0.2, 0.25) is 11.8 Å². The fraction of sp³-hybridized carbons (Fsp3) is 0.400. The summed E-state index contributed by atoms with van der Waals surface area (Å²) in [6.07, 6.45) is 1.59. The molecule has 1 unspecified atom stereocenters. The summed E-state index contributed by atoms with van der Waals surface area (Å²) in [4.78, 5) is 27.5. The standard InChI is InChI=1S/C15H18N4O3S/c20-14(17-9-11-3-6-22-18-11)8-13-15(21)16-4-5-19(13)10-12-2-1-7-23-12/h1-3,6-7,13H,4-5,8-10H2,(H,16,21)(H,17,20). The quantitative estimate of drug-likeness (QED) is 0.814. The first-order valence-corrected chi connectivity index (χ1v) is 8.30. The van der Waals surface area contributed by atoms with E-state index in [1.807, 2.05) is 17.5 Å². The Hall–Kier alpha value is -2.19. The molecule has 2 amide bonds. The van der Waals surface area contributed by atoms with Gasteiger partial charge in [-0.2, -0.15) is 0 Å². The number of hydrogen-bond acceptors (Lipinski definition) is 6. The SMILES string of the molecule is O=C(CC1C(=O)NCCN1Cc1cccs1)NCc1ccon1. The van der Waals surface area contributed by atoms with Gasteiger partial charge in [0, 0.05) is 30.6 Å². The molecule has 0 aromatic carbocycles. The lowest BCUT2D eigenvalue weighted by Crippen LogP contribution is -2.56. The van der Waals surface area contributed by atoms with Crippen LogP contribution in [0.1, 0.15) is 17.0 Å². The van der Waals surface area contributed by atoms with Crippen molar-refractivity contribution >= 4 is 23.2 Å². The molecule has 0 saturated carbocycles. The first-order chi connectivity index (χ1) is 11.2. The molecule has 2 aromatic heterocycles. The van der Waals surface area contributed by atoms with E-state index in [1.54, 1.807) is 17.4 Å². The number of hydrogen-bond donors (Lipinski definition) is 2. The summed E-state index contributed by atoms with van der Waals surface area (Å²) in [5, 5.41) is 11.3. The van der Waals surface area contributed by atoms with Crippen molar-refractivity contribution < 1.29 is 14.1 Å². The Morgan fingerprint density at radius 2 is 2.43 bits per heavy atom. The van der Waals surface area contributed by atoms with E-state index < -0.39 is 6.04 Å². The Bertz CT molecular complexity index is 642. The molecule has 2 N–H and O–H groups in total. The van der Waals surface area contributed by atoms with Crippen LogP contribution in [0.3, 0.4) is 0 Å². The van der Waals surface area contributed by atoms with E-state index >= 15 is 0 Å². The van der Waals surface area contributed by atoms with Crippen LogP contribution >= 0.6 is 11.3 Å². The zero-order chi connectivity index (χ0) is 16.1. The molecule has 3 rings (SSSR count). The second kappa shape index (κ2) is 7.38. The van der Waals surface area contributed by atoms with Crippen molar-refractivity contribution in [1.29, 1.82) is 0 Å². The molecule has 122 valence electrons. The van der Waals surface area contributed by atoms with Gasteiger partial charge in [0.25, 0.3) is 0 Å². The molecule has 1 atom stereocenters. The third-order valence-electron chi connectivity index (χ3n) is 3.72. The topological polar surface area (TPSA) is 87.5 Å². The van der Waals surface area contributed by atoms with Gasteiger partial charge in [-0.15, -0.1) is 11.3 Å². The van der Waals surface area contributed by atoms with E-state index in [-0.39, 0.29) is 18.2 Å². The second-order valence-electron chi connectivity index (χ2n) is 5.33. The maximum absolute atomic E-state index is 12.1. The van der Waals surface area contributed by atoms with Crippen LogP contribution in [-0.2, 0) is 22.7 Å². The monoisotopic (exact) mass is 334 g/mol. The molecule has 1 saturated heterocycles. The third kappa shape index (κ3) is 4.17. The number of amides is 2. The lowest BCUT2D eigenvalue weighted by atomic mass is 10.1. The van der Waals surface area contributed by atoms with Crippen LogP contribution in [0.2, 0.25) is 0 Å². The summed E-state index contributed by atoms with van der Waals surface area (Å²) >= 11 is 1.65. The van der Waals surface area contributed by atoms with Gasteiger partial charge in [0.15, 0.2) is 0 Å². The van der Waals surface area contributed by atoms with Gasteiger partial charge in [0.05, 0.1) is 19.0 Å². The van der Waals surface area contributed by atoms with Crippen LogP contribution in [0.5, 0.6) is 0 Å². The normalized spacial score (nSPS) is 18.6. The van der Waals surface area contributed by atoms with E-state index in [0.29, 0.717) is 25.3 Å². The maximum Gasteiger partial charge on any atom is 0.237 e. The van der Waals surface area contributed by atoms with Crippen molar-refractivity contribution in [2.24, 2.45) is 0 Å². The van der Waals surface area contributed by atoms with Crippen molar-refractivity contribution in [2.75, 3.05) is 13.1 Å². The summed E-state index contributed by atoms with van der Waals surface area (Å²) < 4.78 is 4.72. The number of nitrogens with zero attached hydrogens (tertiary/aromatic N) is 2. The van der Waals surface area contributed by atoms with Gasteiger partial charge in [-0.05, 0) is 11.4 Å². The average molecular weight is 334 g/mol. The molecule has 7 nitrogen and oxygen atoms in total. The average Bonchev–Trinajstić information content (AvgIpc) is 3.22. The third-order valence-corrected chi connectivity index (χ3v) is 4.58. The molecule has 0 bridgehead atoms. The summed E-state index contributed by atoms with van der Waals surface area (Å²) in [7, 11) is 0. The van der Waals surface area contributed by atoms with E-state index in [2.05, 4.69) is 20.7 Å². The molecule has 2 aromatic rings. The summed E-state index contributed by atoms with van der Waals surface area (Å²) in [6, 6.07) is 5.28. The highest BCUT2D eigenvalue weighted by Gasteiger charge is 2.31.